The third-order valence-corrected chi connectivity index (χ3v) is 2.53. The summed E-state index contributed by atoms with van der Waals surface area (Å²) in [6, 6.07) is 7.66. The van der Waals surface area contributed by atoms with Crippen molar-refractivity contribution in [1.29, 1.82) is 0 Å². The first-order valence-corrected chi connectivity index (χ1v) is 6.05. The van der Waals surface area contributed by atoms with Crippen LogP contribution in [0, 0.1) is 0 Å². The molecule has 0 aromatic heterocycles. The Morgan fingerprint density at radius 1 is 1.20 bits per heavy atom. The van der Waals surface area contributed by atoms with Crippen LogP contribution in [-0.4, -0.2) is 18.5 Å². The van der Waals surface area contributed by atoms with Gasteiger partial charge in [-0.25, -0.2) is 0 Å². The number of benzene rings is 1. The van der Waals surface area contributed by atoms with Crippen LogP contribution in [0.5, 0.6) is 11.5 Å². The van der Waals surface area contributed by atoms with E-state index in [1.165, 1.54) is 0 Å². The van der Waals surface area contributed by atoms with E-state index in [0.717, 1.165) is 30.9 Å². The van der Waals surface area contributed by atoms with Gasteiger partial charge in [-0.3, -0.25) is 0 Å². The van der Waals surface area contributed by atoms with Crippen LogP contribution in [0.25, 0.3) is 0 Å². The number of alkyl halides is 1. The summed E-state index contributed by atoms with van der Waals surface area (Å²) in [5, 5.41) is 0. The Balaban J connectivity index is 2.25. The first-order valence-electron chi connectivity index (χ1n) is 5.13. The second-order valence-corrected chi connectivity index (χ2v) is 5.01. The number of methoxy groups -OCH3 is 1. The van der Waals surface area contributed by atoms with Crippen LogP contribution in [0.1, 0.15) is 19.8 Å². The second-order valence-electron chi connectivity index (χ2n) is 3.45. The summed E-state index contributed by atoms with van der Waals surface area (Å²) in [4.78, 5) is 0.567. The molecule has 0 bridgehead atoms. The topological polar surface area (TPSA) is 18.5 Å². The van der Waals surface area contributed by atoms with Gasteiger partial charge in [0.25, 0.3) is 0 Å². The quantitative estimate of drug-likeness (QED) is 0.582. The molecule has 0 radical (unpaired) electrons. The Hall–Kier alpha value is -0.700. The molecule has 0 N–H and O–H groups in total. The fourth-order valence-electron chi connectivity index (χ4n) is 1.23. The maximum absolute atomic E-state index is 5.58. The number of hydrogen-bond donors (Lipinski definition) is 0. The van der Waals surface area contributed by atoms with Crippen LogP contribution in [0.3, 0.4) is 0 Å². The van der Waals surface area contributed by atoms with Gasteiger partial charge in [-0.05, 0) is 37.1 Å². The van der Waals surface area contributed by atoms with Gasteiger partial charge < -0.3 is 9.47 Å². The van der Waals surface area contributed by atoms with Crippen LogP contribution >= 0.6 is 15.9 Å². The monoisotopic (exact) mass is 272 g/mol. The molecule has 0 heterocycles. The van der Waals surface area contributed by atoms with E-state index in [-0.39, 0.29) is 0 Å². The van der Waals surface area contributed by atoms with Crippen molar-refractivity contribution in [3.05, 3.63) is 24.3 Å². The van der Waals surface area contributed by atoms with Crippen molar-refractivity contribution in [3.63, 3.8) is 0 Å². The molecule has 1 unspecified atom stereocenters. The van der Waals surface area contributed by atoms with Crippen LogP contribution in [0.2, 0.25) is 0 Å². The van der Waals surface area contributed by atoms with Crippen molar-refractivity contribution >= 4 is 15.9 Å². The minimum absolute atomic E-state index is 0.567. The highest BCUT2D eigenvalue weighted by Crippen LogP contribution is 2.17. The van der Waals surface area contributed by atoms with Crippen molar-refractivity contribution in [2.24, 2.45) is 0 Å². The van der Waals surface area contributed by atoms with E-state index in [9.17, 15) is 0 Å². The van der Waals surface area contributed by atoms with E-state index < -0.39 is 0 Å². The van der Waals surface area contributed by atoms with Gasteiger partial charge in [0, 0.05) is 4.83 Å². The van der Waals surface area contributed by atoms with Crippen molar-refractivity contribution in [2.45, 2.75) is 24.6 Å². The molecule has 15 heavy (non-hydrogen) atoms. The highest BCUT2D eigenvalue weighted by Gasteiger charge is 1.97. The number of halogens is 1. The lowest BCUT2D eigenvalue weighted by Gasteiger charge is -2.07. The summed E-state index contributed by atoms with van der Waals surface area (Å²) in [6.07, 6.45) is 2.20. The molecule has 0 aliphatic rings. The predicted molar refractivity (Wildman–Crippen MR) is 66.1 cm³/mol. The summed E-state index contributed by atoms with van der Waals surface area (Å²) in [6.45, 7) is 2.91. The van der Waals surface area contributed by atoms with E-state index in [4.69, 9.17) is 9.47 Å². The molecule has 0 aliphatic heterocycles. The normalized spacial score (nSPS) is 12.2. The summed E-state index contributed by atoms with van der Waals surface area (Å²) in [7, 11) is 1.66. The third kappa shape index (κ3) is 5.07. The van der Waals surface area contributed by atoms with Crippen molar-refractivity contribution in [3.8, 4) is 11.5 Å². The fraction of sp³-hybridized carbons (Fsp3) is 0.500. The maximum atomic E-state index is 5.58. The van der Waals surface area contributed by atoms with E-state index in [2.05, 4.69) is 22.9 Å². The van der Waals surface area contributed by atoms with Gasteiger partial charge in [-0.2, -0.15) is 0 Å². The average Bonchev–Trinajstić information content (AvgIpc) is 2.25. The number of hydrogen-bond acceptors (Lipinski definition) is 2. The molecule has 84 valence electrons. The minimum Gasteiger partial charge on any atom is -0.497 e. The highest BCUT2D eigenvalue weighted by atomic mass is 79.9. The van der Waals surface area contributed by atoms with Gasteiger partial charge in [0.2, 0.25) is 0 Å². The minimum atomic E-state index is 0.567. The van der Waals surface area contributed by atoms with Gasteiger partial charge in [0.05, 0.1) is 13.7 Å². The maximum Gasteiger partial charge on any atom is 0.119 e. The first-order chi connectivity index (χ1) is 7.22. The molecule has 3 heteroatoms. The lowest BCUT2D eigenvalue weighted by Crippen LogP contribution is -2.00. The molecule has 1 aromatic carbocycles. The molecular formula is C12H17BrO2. The van der Waals surface area contributed by atoms with Crippen LogP contribution in [0.15, 0.2) is 24.3 Å². The van der Waals surface area contributed by atoms with Gasteiger partial charge >= 0.3 is 0 Å². The standard InChI is InChI=1S/C12H17BrO2/c1-10(13)4-3-9-15-12-7-5-11(14-2)6-8-12/h5-8,10H,3-4,9H2,1-2H3. The molecule has 0 saturated heterocycles. The van der Waals surface area contributed by atoms with E-state index in [1.54, 1.807) is 7.11 Å². The van der Waals surface area contributed by atoms with Crippen molar-refractivity contribution in [1.82, 2.24) is 0 Å². The molecule has 1 rings (SSSR count). The summed E-state index contributed by atoms with van der Waals surface area (Å²) in [5.41, 5.74) is 0. The summed E-state index contributed by atoms with van der Waals surface area (Å²) < 4.78 is 10.6. The number of ether oxygens (including phenoxy) is 2. The smallest absolute Gasteiger partial charge is 0.119 e. The Morgan fingerprint density at radius 2 is 1.80 bits per heavy atom. The van der Waals surface area contributed by atoms with E-state index >= 15 is 0 Å². The van der Waals surface area contributed by atoms with Crippen molar-refractivity contribution < 1.29 is 9.47 Å². The van der Waals surface area contributed by atoms with Crippen LogP contribution < -0.4 is 9.47 Å². The second kappa shape index (κ2) is 6.72. The van der Waals surface area contributed by atoms with Crippen molar-refractivity contribution in [2.75, 3.05) is 13.7 Å². The third-order valence-electron chi connectivity index (χ3n) is 2.07. The molecule has 1 aromatic rings. The van der Waals surface area contributed by atoms with Gasteiger partial charge in [0.15, 0.2) is 0 Å². The zero-order chi connectivity index (χ0) is 11.1. The molecule has 0 saturated carbocycles. The Bertz CT molecular complexity index is 269. The highest BCUT2D eigenvalue weighted by molar-refractivity contribution is 9.09. The van der Waals surface area contributed by atoms with Gasteiger partial charge in [0.1, 0.15) is 11.5 Å². The summed E-state index contributed by atoms with van der Waals surface area (Å²) >= 11 is 3.51. The van der Waals surface area contributed by atoms with E-state index in [1.807, 2.05) is 24.3 Å². The Labute approximate surface area is 99.7 Å². The zero-order valence-electron chi connectivity index (χ0n) is 9.20. The summed E-state index contributed by atoms with van der Waals surface area (Å²) in [5.74, 6) is 1.76. The molecule has 1 atom stereocenters. The Kier molecular flexibility index (Phi) is 5.54. The van der Waals surface area contributed by atoms with Gasteiger partial charge in [-0.1, -0.05) is 22.9 Å². The largest absolute Gasteiger partial charge is 0.497 e. The molecule has 0 fully saturated rings. The molecule has 2 nitrogen and oxygen atoms in total. The van der Waals surface area contributed by atoms with Crippen LogP contribution in [0.4, 0.5) is 0 Å². The molecule has 0 spiro atoms. The molecule has 0 amide bonds. The predicted octanol–water partition coefficient (Wildman–Crippen LogP) is 3.64. The molecular weight excluding hydrogens is 256 g/mol. The Morgan fingerprint density at radius 3 is 2.33 bits per heavy atom. The lowest BCUT2D eigenvalue weighted by molar-refractivity contribution is 0.306. The van der Waals surface area contributed by atoms with Gasteiger partial charge in [-0.15, -0.1) is 0 Å². The van der Waals surface area contributed by atoms with Crippen LogP contribution in [-0.2, 0) is 0 Å². The number of rotatable bonds is 6. The SMILES string of the molecule is COc1ccc(OCCCC(C)Br)cc1. The zero-order valence-corrected chi connectivity index (χ0v) is 10.8. The molecule has 0 aliphatic carbocycles. The lowest BCUT2D eigenvalue weighted by atomic mass is 10.2. The average molecular weight is 273 g/mol. The van der Waals surface area contributed by atoms with E-state index in [0.29, 0.717) is 4.83 Å². The first kappa shape index (κ1) is 12.4. The fourth-order valence-corrected chi connectivity index (χ4v) is 1.55.